The zero-order chi connectivity index (χ0) is 34.9. The second kappa shape index (κ2) is 11.7. The molecule has 0 amide bonds. The van der Waals surface area contributed by atoms with Gasteiger partial charge in [-0.15, -0.1) is 0 Å². The summed E-state index contributed by atoms with van der Waals surface area (Å²) in [5.74, 6) is 1.83. The summed E-state index contributed by atoms with van der Waals surface area (Å²) in [7, 11) is 0. The van der Waals surface area contributed by atoms with Crippen LogP contribution in [0.15, 0.2) is 180 Å². The van der Waals surface area contributed by atoms with Gasteiger partial charge in [0.25, 0.3) is 0 Å². The average molecular weight is 676 g/mol. The van der Waals surface area contributed by atoms with Crippen LogP contribution >= 0.6 is 0 Å². The summed E-state index contributed by atoms with van der Waals surface area (Å²) < 4.78 is 6.89. The van der Waals surface area contributed by atoms with Gasteiger partial charge in [0.15, 0.2) is 17.5 Å². The highest BCUT2D eigenvalue weighted by atomic mass is 16.3. The number of hydrogen-bond acceptors (Lipinski definition) is 4. The van der Waals surface area contributed by atoms with Crippen LogP contribution in [0.3, 0.4) is 0 Å². The first-order valence-corrected chi connectivity index (χ1v) is 17.9. The Balaban J connectivity index is 1.19. The standard InChI is InChI=1S/C49H29N3O/c1-2-14-34(15-3-1)47-50-48(35-24-21-33(22-25-35)38-20-10-16-30-11-4-7-17-37(30)38)52-49(51-47)41-29-36-26-23-31-12-5-8-18-39(31)43(36)46-45(41)44-40-19-9-6-13-32(40)27-28-42(44)53-46/h1-29H. The summed E-state index contributed by atoms with van der Waals surface area (Å²) in [6, 6.07) is 61.5. The first kappa shape index (κ1) is 29.5. The van der Waals surface area contributed by atoms with E-state index in [4.69, 9.17) is 19.4 Å². The second-order valence-electron chi connectivity index (χ2n) is 13.6. The van der Waals surface area contributed by atoms with Crippen molar-refractivity contribution in [1.82, 2.24) is 15.0 Å². The Morgan fingerprint density at radius 3 is 1.58 bits per heavy atom. The van der Waals surface area contributed by atoms with Crippen LogP contribution in [-0.4, -0.2) is 15.0 Å². The first-order chi connectivity index (χ1) is 26.3. The van der Waals surface area contributed by atoms with Crippen molar-refractivity contribution in [3.63, 3.8) is 0 Å². The van der Waals surface area contributed by atoms with Crippen molar-refractivity contribution >= 4 is 65.0 Å². The van der Waals surface area contributed by atoms with Crippen LogP contribution < -0.4 is 0 Å². The summed E-state index contributed by atoms with van der Waals surface area (Å²) in [4.78, 5) is 15.6. The molecule has 0 spiro atoms. The first-order valence-electron chi connectivity index (χ1n) is 17.9. The molecule has 11 rings (SSSR count). The Bertz CT molecular complexity index is 3210. The summed E-state index contributed by atoms with van der Waals surface area (Å²) in [5.41, 5.74) is 6.76. The fourth-order valence-electron chi connectivity index (χ4n) is 7.99. The van der Waals surface area contributed by atoms with Crippen molar-refractivity contribution in [1.29, 1.82) is 0 Å². The fourth-order valence-corrected chi connectivity index (χ4v) is 7.99. The van der Waals surface area contributed by atoms with Gasteiger partial charge in [0.05, 0.1) is 0 Å². The predicted octanol–water partition coefficient (Wildman–Crippen LogP) is 13.1. The molecule has 0 saturated carbocycles. The Kier molecular flexibility index (Phi) is 6.52. The average Bonchev–Trinajstić information content (AvgIpc) is 3.64. The monoisotopic (exact) mass is 675 g/mol. The van der Waals surface area contributed by atoms with Crippen LogP contribution in [0.2, 0.25) is 0 Å². The normalized spacial score (nSPS) is 11.8. The van der Waals surface area contributed by atoms with Gasteiger partial charge in [-0.1, -0.05) is 164 Å². The van der Waals surface area contributed by atoms with E-state index in [9.17, 15) is 0 Å². The Hall–Kier alpha value is -7.17. The molecule has 0 saturated heterocycles. The number of fused-ring (bicyclic) bond motifs is 10. The topological polar surface area (TPSA) is 51.8 Å². The highest BCUT2D eigenvalue weighted by Gasteiger charge is 2.22. The maximum Gasteiger partial charge on any atom is 0.164 e. The van der Waals surface area contributed by atoms with E-state index in [-0.39, 0.29) is 0 Å². The lowest BCUT2D eigenvalue weighted by atomic mass is 9.94. The number of furan rings is 1. The van der Waals surface area contributed by atoms with E-state index in [2.05, 4.69) is 158 Å². The van der Waals surface area contributed by atoms with Gasteiger partial charge in [0.1, 0.15) is 11.2 Å². The van der Waals surface area contributed by atoms with E-state index in [1.807, 2.05) is 18.2 Å². The van der Waals surface area contributed by atoms with Crippen LogP contribution in [0.25, 0.3) is 110 Å². The van der Waals surface area contributed by atoms with Crippen molar-refractivity contribution in [2.45, 2.75) is 0 Å². The van der Waals surface area contributed by atoms with Crippen LogP contribution in [0, 0.1) is 0 Å². The summed E-state index contributed by atoms with van der Waals surface area (Å²) in [6.07, 6.45) is 0. The quantitative estimate of drug-likeness (QED) is 0.174. The summed E-state index contributed by atoms with van der Waals surface area (Å²) >= 11 is 0. The lowest BCUT2D eigenvalue weighted by Gasteiger charge is -2.12. The summed E-state index contributed by atoms with van der Waals surface area (Å²) in [6.45, 7) is 0. The molecule has 0 aliphatic rings. The van der Waals surface area contributed by atoms with Gasteiger partial charge < -0.3 is 4.42 Å². The van der Waals surface area contributed by atoms with Crippen molar-refractivity contribution in [2.75, 3.05) is 0 Å². The lowest BCUT2D eigenvalue weighted by Crippen LogP contribution is -2.00. The predicted molar refractivity (Wildman–Crippen MR) is 219 cm³/mol. The zero-order valence-electron chi connectivity index (χ0n) is 28.5. The third-order valence-corrected chi connectivity index (χ3v) is 10.5. The highest BCUT2D eigenvalue weighted by molar-refractivity contribution is 6.30. The van der Waals surface area contributed by atoms with Crippen LogP contribution in [0.4, 0.5) is 0 Å². The Morgan fingerprint density at radius 2 is 0.849 bits per heavy atom. The van der Waals surface area contributed by atoms with Crippen molar-refractivity contribution < 1.29 is 4.42 Å². The van der Waals surface area contributed by atoms with E-state index in [1.165, 1.54) is 21.7 Å². The SMILES string of the molecule is c1ccc(-c2nc(-c3ccc(-c4cccc5ccccc45)cc3)nc(-c3cc4ccc5ccccc5c4c4oc5ccc6ccccc6c5c34)n2)cc1. The van der Waals surface area contributed by atoms with Crippen molar-refractivity contribution in [3.05, 3.63) is 176 Å². The zero-order valence-corrected chi connectivity index (χ0v) is 28.5. The molecule has 0 unspecified atom stereocenters. The minimum atomic E-state index is 0.600. The van der Waals surface area contributed by atoms with E-state index >= 15 is 0 Å². The minimum Gasteiger partial charge on any atom is -0.455 e. The van der Waals surface area contributed by atoms with Gasteiger partial charge in [-0.05, 0) is 61.0 Å². The molecule has 2 heterocycles. The fraction of sp³-hybridized carbons (Fsp3) is 0. The van der Waals surface area contributed by atoms with Gasteiger partial charge >= 0.3 is 0 Å². The van der Waals surface area contributed by atoms with Gasteiger partial charge in [-0.25, -0.2) is 15.0 Å². The maximum absolute atomic E-state index is 6.89. The molecule has 9 aromatic carbocycles. The number of benzene rings is 9. The molecule has 11 aromatic rings. The highest BCUT2D eigenvalue weighted by Crippen LogP contribution is 2.45. The molecular formula is C49H29N3O. The molecular weight excluding hydrogens is 647 g/mol. The molecule has 246 valence electrons. The number of nitrogens with zero attached hydrogens (tertiary/aromatic N) is 3. The van der Waals surface area contributed by atoms with Gasteiger partial charge in [-0.3, -0.25) is 0 Å². The molecule has 0 aliphatic heterocycles. The largest absolute Gasteiger partial charge is 0.455 e. The Labute approximate surface area is 304 Å². The van der Waals surface area contributed by atoms with Gasteiger partial charge in [-0.2, -0.15) is 0 Å². The molecule has 0 aliphatic carbocycles. The molecule has 0 radical (unpaired) electrons. The van der Waals surface area contributed by atoms with E-state index in [1.54, 1.807) is 0 Å². The molecule has 0 atom stereocenters. The van der Waals surface area contributed by atoms with E-state index < -0.39 is 0 Å². The molecule has 0 N–H and O–H groups in total. The van der Waals surface area contributed by atoms with Crippen LogP contribution in [0.5, 0.6) is 0 Å². The molecule has 0 bridgehead atoms. The van der Waals surface area contributed by atoms with E-state index in [0.717, 1.165) is 71.1 Å². The number of rotatable bonds is 4. The van der Waals surface area contributed by atoms with Crippen LogP contribution in [-0.2, 0) is 0 Å². The molecule has 4 heteroatoms. The minimum absolute atomic E-state index is 0.600. The van der Waals surface area contributed by atoms with Crippen molar-refractivity contribution in [3.8, 4) is 45.3 Å². The van der Waals surface area contributed by atoms with Gasteiger partial charge in [0.2, 0.25) is 0 Å². The molecule has 0 fully saturated rings. The molecule has 4 nitrogen and oxygen atoms in total. The third kappa shape index (κ3) is 4.73. The third-order valence-electron chi connectivity index (χ3n) is 10.5. The van der Waals surface area contributed by atoms with Gasteiger partial charge in [0, 0.05) is 32.8 Å². The Morgan fingerprint density at radius 1 is 0.321 bits per heavy atom. The maximum atomic E-state index is 6.89. The molecule has 53 heavy (non-hydrogen) atoms. The number of aromatic nitrogens is 3. The van der Waals surface area contributed by atoms with Crippen LogP contribution in [0.1, 0.15) is 0 Å². The lowest BCUT2D eigenvalue weighted by molar-refractivity contribution is 0.673. The molecule has 2 aromatic heterocycles. The summed E-state index contributed by atoms with van der Waals surface area (Å²) in [5, 5.41) is 11.3. The van der Waals surface area contributed by atoms with E-state index in [0.29, 0.717) is 17.5 Å². The number of hydrogen-bond donors (Lipinski definition) is 0. The smallest absolute Gasteiger partial charge is 0.164 e. The van der Waals surface area contributed by atoms with Crippen molar-refractivity contribution in [2.24, 2.45) is 0 Å². The second-order valence-corrected chi connectivity index (χ2v) is 13.6.